The van der Waals surface area contributed by atoms with E-state index in [1.54, 1.807) is 30.0 Å². The topological polar surface area (TPSA) is 68.5 Å². The number of anilines is 1. The number of aromatic nitrogens is 3. The number of fused-ring (bicyclic) bond motifs is 1. The van der Waals surface area contributed by atoms with E-state index in [-0.39, 0.29) is 11.9 Å². The summed E-state index contributed by atoms with van der Waals surface area (Å²) in [5.74, 6) is 0.679. The van der Waals surface area contributed by atoms with E-state index in [1.807, 2.05) is 0 Å². The van der Waals surface area contributed by atoms with E-state index in [0.29, 0.717) is 11.4 Å². The Labute approximate surface area is 85.9 Å². The van der Waals surface area contributed by atoms with Gasteiger partial charge in [-0.3, -0.25) is 10.1 Å². The summed E-state index contributed by atoms with van der Waals surface area (Å²) in [5, 5.41) is 6.56. The fourth-order valence-corrected chi connectivity index (χ4v) is 1.25. The summed E-state index contributed by atoms with van der Waals surface area (Å²) in [6.45, 7) is 1.41. The molecule has 1 N–H and O–H groups in total. The van der Waals surface area contributed by atoms with Gasteiger partial charge in [-0.15, -0.1) is 5.10 Å². The molecule has 0 aliphatic rings. The van der Waals surface area contributed by atoms with Crippen LogP contribution in [0.25, 0.3) is 5.65 Å². The van der Waals surface area contributed by atoms with E-state index in [4.69, 9.17) is 4.74 Å². The highest BCUT2D eigenvalue weighted by atomic mass is 16.5. The monoisotopic (exact) mass is 206 g/mol. The van der Waals surface area contributed by atoms with E-state index in [2.05, 4.69) is 15.4 Å². The van der Waals surface area contributed by atoms with Crippen molar-refractivity contribution in [2.45, 2.75) is 6.92 Å². The molecule has 6 heteroatoms. The molecular formula is C9H10N4O2. The lowest BCUT2D eigenvalue weighted by atomic mass is 10.4. The van der Waals surface area contributed by atoms with Gasteiger partial charge in [0.25, 0.3) is 0 Å². The van der Waals surface area contributed by atoms with Gasteiger partial charge in [0, 0.05) is 13.1 Å². The van der Waals surface area contributed by atoms with Gasteiger partial charge in [0.1, 0.15) is 0 Å². The molecule has 0 fully saturated rings. The minimum atomic E-state index is -0.204. The van der Waals surface area contributed by atoms with Gasteiger partial charge in [-0.2, -0.15) is 4.98 Å². The second-order valence-corrected chi connectivity index (χ2v) is 2.96. The standard InChI is InChI=1S/C9H10N4O2/c1-6(14)10-9-11-8-7(15-2)4-3-5-13(8)12-9/h3-5H,1-2H3,(H,10,12,14). The molecule has 6 nitrogen and oxygen atoms in total. The maximum absolute atomic E-state index is 10.8. The van der Waals surface area contributed by atoms with Gasteiger partial charge < -0.3 is 4.74 Å². The third kappa shape index (κ3) is 1.74. The Bertz CT molecular complexity index is 506. The first kappa shape index (κ1) is 9.45. The third-order valence-electron chi connectivity index (χ3n) is 1.83. The van der Waals surface area contributed by atoms with Crippen molar-refractivity contribution in [1.82, 2.24) is 14.6 Å². The molecule has 0 radical (unpaired) electrons. The van der Waals surface area contributed by atoms with Crippen LogP contribution in [-0.2, 0) is 4.79 Å². The molecule has 0 aliphatic heterocycles. The quantitative estimate of drug-likeness (QED) is 0.785. The zero-order valence-electron chi connectivity index (χ0n) is 8.39. The Hall–Kier alpha value is -2.11. The summed E-state index contributed by atoms with van der Waals surface area (Å²) in [6, 6.07) is 3.57. The molecule has 2 aromatic heterocycles. The number of carbonyl (C=O) groups is 1. The van der Waals surface area contributed by atoms with Gasteiger partial charge in [0.05, 0.1) is 7.11 Å². The molecule has 0 atom stereocenters. The van der Waals surface area contributed by atoms with Crippen LogP contribution in [0.5, 0.6) is 5.75 Å². The molecular weight excluding hydrogens is 196 g/mol. The maximum Gasteiger partial charge on any atom is 0.249 e. The van der Waals surface area contributed by atoms with Crippen LogP contribution in [-0.4, -0.2) is 27.6 Å². The Morgan fingerprint density at radius 1 is 1.60 bits per heavy atom. The number of hydrogen-bond acceptors (Lipinski definition) is 4. The van der Waals surface area contributed by atoms with Gasteiger partial charge >= 0.3 is 0 Å². The minimum absolute atomic E-state index is 0.204. The molecule has 15 heavy (non-hydrogen) atoms. The minimum Gasteiger partial charge on any atom is -0.493 e. The molecule has 2 aromatic rings. The highest BCUT2D eigenvalue weighted by Crippen LogP contribution is 2.17. The van der Waals surface area contributed by atoms with Crippen molar-refractivity contribution in [2.24, 2.45) is 0 Å². The fraction of sp³-hybridized carbons (Fsp3) is 0.222. The summed E-state index contributed by atoms with van der Waals surface area (Å²) in [4.78, 5) is 14.9. The zero-order chi connectivity index (χ0) is 10.8. The van der Waals surface area contributed by atoms with Crippen LogP contribution in [0.2, 0.25) is 0 Å². The summed E-state index contributed by atoms with van der Waals surface area (Å²) in [6.07, 6.45) is 1.73. The van der Waals surface area contributed by atoms with Gasteiger partial charge in [-0.05, 0) is 12.1 Å². The smallest absolute Gasteiger partial charge is 0.249 e. The first-order valence-electron chi connectivity index (χ1n) is 4.37. The summed E-state index contributed by atoms with van der Waals surface area (Å²) < 4.78 is 6.66. The second-order valence-electron chi connectivity index (χ2n) is 2.96. The number of methoxy groups -OCH3 is 1. The lowest BCUT2D eigenvalue weighted by Gasteiger charge is -1.98. The van der Waals surface area contributed by atoms with Crippen molar-refractivity contribution in [3.8, 4) is 5.75 Å². The van der Waals surface area contributed by atoms with Gasteiger partial charge in [0.15, 0.2) is 11.4 Å². The third-order valence-corrected chi connectivity index (χ3v) is 1.83. The van der Waals surface area contributed by atoms with Crippen LogP contribution in [0.3, 0.4) is 0 Å². The predicted molar refractivity (Wildman–Crippen MR) is 53.8 cm³/mol. The van der Waals surface area contributed by atoms with Gasteiger partial charge in [-0.1, -0.05) is 0 Å². The molecule has 0 aromatic carbocycles. The second kappa shape index (κ2) is 3.56. The lowest BCUT2D eigenvalue weighted by Crippen LogP contribution is -2.07. The molecule has 0 bridgehead atoms. The lowest BCUT2D eigenvalue weighted by molar-refractivity contribution is -0.114. The van der Waals surface area contributed by atoms with Crippen molar-refractivity contribution in [3.05, 3.63) is 18.3 Å². The van der Waals surface area contributed by atoms with Crippen LogP contribution < -0.4 is 10.1 Å². The summed E-state index contributed by atoms with van der Waals surface area (Å²) in [7, 11) is 1.56. The van der Waals surface area contributed by atoms with Crippen LogP contribution in [0, 0.1) is 0 Å². The predicted octanol–water partition coefficient (Wildman–Crippen LogP) is 0.696. The average Bonchev–Trinajstić information content (AvgIpc) is 2.58. The van der Waals surface area contributed by atoms with Crippen LogP contribution in [0.1, 0.15) is 6.92 Å². The largest absolute Gasteiger partial charge is 0.493 e. The van der Waals surface area contributed by atoms with Gasteiger partial charge in [-0.25, -0.2) is 4.52 Å². The molecule has 0 unspecified atom stereocenters. The zero-order valence-corrected chi connectivity index (χ0v) is 8.39. The van der Waals surface area contributed by atoms with E-state index in [0.717, 1.165) is 0 Å². The molecule has 78 valence electrons. The summed E-state index contributed by atoms with van der Waals surface area (Å²) in [5.41, 5.74) is 0.573. The molecule has 2 rings (SSSR count). The van der Waals surface area contributed by atoms with Crippen LogP contribution in [0.15, 0.2) is 18.3 Å². The molecule has 1 amide bonds. The number of amides is 1. The number of ether oxygens (including phenoxy) is 1. The van der Waals surface area contributed by atoms with E-state index >= 15 is 0 Å². The Kier molecular flexibility index (Phi) is 2.24. The molecule has 0 saturated heterocycles. The molecule has 0 saturated carbocycles. The van der Waals surface area contributed by atoms with E-state index in [1.165, 1.54) is 6.92 Å². The molecule has 0 aliphatic carbocycles. The fourth-order valence-electron chi connectivity index (χ4n) is 1.25. The van der Waals surface area contributed by atoms with Crippen LogP contribution in [0.4, 0.5) is 5.95 Å². The normalized spacial score (nSPS) is 10.3. The highest BCUT2D eigenvalue weighted by Gasteiger charge is 2.08. The van der Waals surface area contributed by atoms with Crippen molar-refractivity contribution >= 4 is 17.5 Å². The van der Waals surface area contributed by atoms with Crippen molar-refractivity contribution in [3.63, 3.8) is 0 Å². The first-order valence-corrected chi connectivity index (χ1v) is 4.37. The molecule has 0 spiro atoms. The number of carbonyl (C=O) groups excluding carboxylic acids is 1. The Morgan fingerprint density at radius 2 is 2.40 bits per heavy atom. The number of pyridine rings is 1. The van der Waals surface area contributed by atoms with E-state index < -0.39 is 0 Å². The maximum atomic E-state index is 10.8. The number of hydrogen-bond donors (Lipinski definition) is 1. The average molecular weight is 206 g/mol. The summed E-state index contributed by atoms with van der Waals surface area (Å²) >= 11 is 0. The first-order chi connectivity index (χ1) is 7.20. The number of nitrogens with zero attached hydrogens (tertiary/aromatic N) is 3. The Balaban J connectivity index is 2.50. The number of nitrogens with one attached hydrogen (secondary N) is 1. The van der Waals surface area contributed by atoms with Crippen molar-refractivity contribution in [1.29, 1.82) is 0 Å². The molecule has 2 heterocycles. The van der Waals surface area contributed by atoms with Gasteiger partial charge in [0.2, 0.25) is 11.9 Å². The van der Waals surface area contributed by atoms with E-state index in [9.17, 15) is 4.79 Å². The van der Waals surface area contributed by atoms with Crippen LogP contribution >= 0.6 is 0 Å². The number of rotatable bonds is 2. The van der Waals surface area contributed by atoms with Crippen molar-refractivity contribution in [2.75, 3.05) is 12.4 Å². The van der Waals surface area contributed by atoms with Crippen molar-refractivity contribution < 1.29 is 9.53 Å². The highest BCUT2D eigenvalue weighted by molar-refractivity contribution is 5.87. The SMILES string of the molecule is COc1cccn2nc(NC(C)=O)nc12. The Morgan fingerprint density at radius 3 is 3.07 bits per heavy atom.